The van der Waals surface area contributed by atoms with Gasteiger partial charge < -0.3 is 4.90 Å². The highest BCUT2D eigenvalue weighted by atomic mass is 32.2. The van der Waals surface area contributed by atoms with Crippen LogP contribution in [0, 0.1) is 0 Å². The molecule has 0 atom stereocenters. The normalized spacial score (nSPS) is 11.9. The highest BCUT2D eigenvalue weighted by molar-refractivity contribution is 7.91. The van der Waals surface area contributed by atoms with E-state index in [4.69, 9.17) is 0 Å². The SMILES string of the molecule is CN(CCS(=O)(=O)c1ccccc1)Cc1ccc2ncccc2c1. The topological polar surface area (TPSA) is 50.3 Å². The van der Waals surface area contributed by atoms with Gasteiger partial charge in [-0.1, -0.05) is 30.3 Å². The number of fused-ring (bicyclic) bond motifs is 1. The van der Waals surface area contributed by atoms with Crippen LogP contribution < -0.4 is 0 Å². The second-order valence-electron chi connectivity index (χ2n) is 5.90. The Morgan fingerprint density at radius 3 is 2.58 bits per heavy atom. The molecular formula is C19H20N2O2S. The van der Waals surface area contributed by atoms with Crippen LogP contribution in [0.2, 0.25) is 0 Å². The van der Waals surface area contributed by atoms with E-state index in [1.807, 2.05) is 42.3 Å². The molecule has 4 nitrogen and oxygen atoms in total. The summed E-state index contributed by atoms with van der Waals surface area (Å²) in [6.07, 6.45) is 1.78. The summed E-state index contributed by atoms with van der Waals surface area (Å²) in [7, 11) is -1.30. The average molecular weight is 340 g/mol. The number of benzene rings is 2. The lowest BCUT2D eigenvalue weighted by atomic mass is 10.1. The summed E-state index contributed by atoms with van der Waals surface area (Å²) < 4.78 is 24.7. The first-order valence-electron chi connectivity index (χ1n) is 7.85. The lowest BCUT2D eigenvalue weighted by Gasteiger charge is -2.17. The Hall–Kier alpha value is -2.24. The lowest BCUT2D eigenvalue weighted by molar-refractivity contribution is 0.346. The summed E-state index contributed by atoms with van der Waals surface area (Å²) in [5.74, 6) is 0.114. The molecule has 0 aliphatic heterocycles. The van der Waals surface area contributed by atoms with Crippen molar-refractivity contribution in [2.24, 2.45) is 0 Å². The Labute approximate surface area is 142 Å². The summed E-state index contributed by atoms with van der Waals surface area (Å²) in [6.45, 7) is 1.19. The second kappa shape index (κ2) is 7.11. The highest BCUT2D eigenvalue weighted by Crippen LogP contribution is 2.15. The summed E-state index contributed by atoms with van der Waals surface area (Å²) in [5, 5.41) is 1.10. The van der Waals surface area contributed by atoms with Crippen molar-refractivity contribution in [2.75, 3.05) is 19.3 Å². The first-order valence-corrected chi connectivity index (χ1v) is 9.50. The van der Waals surface area contributed by atoms with Gasteiger partial charge in [-0.05, 0) is 42.9 Å². The van der Waals surface area contributed by atoms with Gasteiger partial charge in [-0.25, -0.2) is 8.42 Å². The molecule has 3 rings (SSSR count). The first-order chi connectivity index (χ1) is 11.5. The van der Waals surface area contributed by atoms with Crippen LogP contribution in [0.25, 0.3) is 10.9 Å². The van der Waals surface area contributed by atoms with Crippen LogP contribution in [0.3, 0.4) is 0 Å². The third-order valence-electron chi connectivity index (χ3n) is 3.96. The molecule has 0 N–H and O–H groups in total. The van der Waals surface area contributed by atoms with Gasteiger partial charge in [0.2, 0.25) is 0 Å². The predicted octanol–water partition coefficient (Wildman–Crippen LogP) is 3.14. The van der Waals surface area contributed by atoms with Gasteiger partial charge in [0, 0.05) is 24.7 Å². The van der Waals surface area contributed by atoms with E-state index in [1.165, 1.54) is 0 Å². The van der Waals surface area contributed by atoms with Crippen molar-refractivity contribution in [1.29, 1.82) is 0 Å². The van der Waals surface area contributed by atoms with Gasteiger partial charge in [-0.3, -0.25) is 4.98 Å². The molecule has 0 fully saturated rings. The van der Waals surface area contributed by atoms with Crippen LogP contribution in [0.1, 0.15) is 5.56 Å². The van der Waals surface area contributed by atoms with Gasteiger partial charge in [-0.2, -0.15) is 0 Å². The molecule has 0 saturated heterocycles. The third-order valence-corrected chi connectivity index (χ3v) is 5.67. The highest BCUT2D eigenvalue weighted by Gasteiger charge is 2.14. The van der Waals surface area contributed by atoms with Crippen LogP contribution in [0.4, 0.5) is 0 Å². The van der Waals surface area contributed by atoms with Crippen molar-refractivity contribution in [3.8, 4) is 0 Å². The molecule has 0 amide bonds. The van der Waals surface area contributed by atoms with E-state index in [-0.39, 0.29) is 5.75 Å². The molecule has 0 bridgehead atoms. The van der Waals surface area contributed by atoms with Crippen molar-refractivity contribution >= 4 is 20.7 Å². The zero-order valence-corrected chi connectivity index (χ0v) is 14.4. The van der Waals surface area contributed by atoms with E-state index in [9.17, 15) is 8.42 Å². The molecule has 0 unspecified atom stereocenters. The van der Waals surface area contributed by atoms with Crippen LogP contribution >= 0.6 is 0 Å². The van der Waals surface area contributed by atoms with Gasteiger partial charge >= 0.3 is 0 Å². The molecule has 0 spiro atoms. The van der Waals surface area contributed by atoms with Gasteiger partial charge in [0.1, 0.15) is 0 Å². The monoisotopic (exact) mass is 340 g/mol. The molecule has 0 radical (unpaired) electrons. The fraction of sp³-hybridized carbons (Fsp3) is 0.211. The largest absolute Gasteiger partial charge is 0.301 e. The molecule has 124 valence electrons. The van der Waals surface area contributed by atoms with Crippen LogP contribution in [-0.4, -0.2) is 37.6 Å². The second-order valence-corrected chi connectivity index (χ2v) is 8.01. The van der Waals surface area contributed by atoms with E-state index in [0.29, 0.717) is 18.0 Å². The number of sulfone groups is 1. The molecular weight excluding hydrogens is 320 g/mol. The van der Waals surface area contributed by atoms with E-state index in [2.05, 4.69) is 11.1 Å². The predicted molar refractivity (Wildman–Crippen MR) is 96.6 cm³/mol. The van der Waals surface area contributed by atoms with Crippen LogP contribution in [-0.2, 0) is 16.4 Å². The molecule has 1 aromatic heterocycles. The van der Waals surface area contributed by atoms with Gasteiger partial charge in [0.15, 0.2) is 9.84 Å². The summed E-state index contributed by atoms with van der Waals surface area (Å²) in [5.41, 5.74) is 2.12. The molecule has 0 saturated carbocycles. The standard InChI is InChI=1S/C19H20N2O2S/c1-21(12-13-24(22,23)18-7-3-2-4-8-18)15-16-9-10-19-17(14-16)6-5-11-20-19/h2-11,14H,12-13,15H2,1H3. The Morgan fingerprint density at radius 2 is 1.79 bits per heavy atom. The average Bonchev–Trinajstić information content (AvgIpc) is 2.61. The number of pyridine rings is 1. The number of rotatable bonds is 6. The maximum atomic E-state index is 12.3. The zero-order chi connectivity index (χ0) is 17.0. The molecule has 0 aliphatic carbocycles. The minimum Gasteiger partial charge on any atom is -0.301 e. The Morgan fingerprint density at radius 1 is 1.00 bits per heavy atom. The van der Waals surface area contributed by atoms with E-state index < -0.39 is 9.84 Å². The van der Waals surface area contributed by atoms with Crippen molar-refractivity contribution in [1.82, 2.24) is 9.88 Å². The van der Waals surface area contributed by atoms with E-state index in [0.717, 1.165) is 16.5 Å². The maximum absolute atomic E-state index is 12.3. The molecule has 24 heavy (non-hydrogen) atoms. The van der Waals surface area contributed by atoms with Gasteiger partial charge in [0.05, 0.1) is 16.2 Å². The van der Waals surface area contributed by atoms with E-state index in [1.54, 1.807) is 30.5 Å². The third kappa shape index (κ3) is 3.99. The van der Waals surface area contributed by atoms with Crippen LogP contribution in [0.5, 0.6) is 0 Å². The first kappa shape index (κ1) is 16.6. The zero-order valence-electron chi connectivity index (χ0n) is 13.6. The van der Waals surface area contributed by atoms with Crippen molar-refractivity contribution in [2.45, 2.75) is 11.4 Å². The minimum absolute atomic E-state index is 0.114. The molecule has 1 heterocycles. The molecule has 0 aliphatic rings. The number of nitrogens with zero attached hydrogens (tertiary/aromatic N) is 2. The Bertz CT molecular complexity index is 924. The van der Waals surface area contributed by atoms with Crippen molar-refractivity contribution < 1.29 is 8.42 Å². The fourth-order valence-electron chi connectivity index (χ4n) is 2.64. The fourth-order valence-corrected chi connectivity index (χ4v) is 4.00. The summed E-state index contributed by atoms with van der Waals surface area (Å²) in [6, 6.07) is 18.7. The van der Waals surface area contributed by atoms with Crippen molar-refractivity contribution in [3.63, 3.8) is 0 Å². The summed E-state index contributed by atoms with van der Waals surface area (Å²) in [4.78, 5) is 6.72. The Balaban J connectivity index is 1.63. The molecule has 5 heteroatoms. The number of hydrogen-bond donors (Lipinski definition) is 0. The molecule has 3 aromatic rings. The molecule has 2 aromatic carbocycles. The van der Waals surface area contributed by atoms with Gasteiger partial charge in [0.25, 0.3) is 0 Å². The lowest BCUT2D eigenvalue weighted by Crippen LogP contribution is -2.25. The number of aromatic nitrogens is 1. The van der Waals surface area contributed by atoms with Crippen LogP contribution in [0.15, 0.2) is 71.8 Å². The van der Waals surface area contributed by atoms with Gasteiger partial charge in [-0.15, -0.1) is 0 Å². The van der Waals surface area contributed by atoms with E-state index >= 15 is 0 Å². The smallest absolute Gasteiger partial charge is 0.179 e. The minimum atomic E-state index is -3.23. The summed E-state index contributed by atoms with van der Waals surface area (Å²) >= 11 is 0. The Kier molecular flexibility index (Phi) is 4.92. The van der Waals surface area contributed by atoms with Crippen molar-refractivity contribution in [3.05, 3.63) is 72.4 Å². The quantitative estimate of drug-likeness (QED) is 0.692. The number of hydrogen-bond acceptors (Lipinski definition) is 4. The maximum Gasteiger partial charge on any atom is 0.179 e.